The lowest BCUT2D eigenvalue weighted by molar-refractivity contribution is 0.572. The van der Waals surface area contributed by atoms with Gasteiger partial charge in [-0.1, -0.05) is 12.1 Å². The third-order valence-electron chi connectivity index (χ3n) is 4.16. The molecule has 1 aliphatic carbocycles. The van der Waals surface area contributed by atoms with Crippen molar-refractivity contribution in [1.29, 1.82) is 0 Å². The molecule has 94 valence electrons. The van der Waals surface area contributed by atoms with Crippen LogP contribution in [-0.2, 0) is 0 Å². The number of nitrogens with one attached hydrogen (secondary N) is 1. The zero-order valence-electron chi connectivity index (χ0n) is 11.1. The maximum absolute atomic E-state index is 4.56. The molecule has 1 saturated carbocycles. The van der Waals surface area contributed by atoms with E-state index in [1.54, 1.807) is 0 Å². The minimum absolute atomic E-state index is 0.696. The van der Waals surface area contributed by atoms with Crippen molar-refractivity contribution in [3.63, 3.8) is 0 Å². The van der Waals surface area contributed by atoms with Gasteiger partial charge < -0.3 is 5.32 Å². The predicted octanol–water partition coefficient (Wildman–Crippen LogP) is 3.40. The fourth-order valence-corrected chi connectivity index (χ4v) is 3.05. The first-order valence-corrected chi connectivity index (χ1v) is 6.81. The molecule has 1 aromatic carbocycles. The summed E-state index contributed by atoms with van der Waals surface area (Å²) in [6.45, 7) is 2.04. The van der Waals surface area contributed by atoms with Crippen molar-refractivity contribution in [2.45, 2.75) is 38.1 Å². The molecule has 1 aliphatic rings. The quantitative estimate of drug-likeness (QED) is 0.870. The Morgan fingerprint density at radius 3 is 2.83 bits per heavy atom. The Labute approximate surface area is 108 Å². The van der Waals surface area contributed by atoms with E-state index < -0.39 is 0 Å². The number of benzene rings is 1. The summed E-state index contributed by atoms with van der Waals surface area (Å²) in [6, 6.07) is 11.7. The van der Waals surface area contributed by atoms with E-state index >= 15 is 0 Å². The van der Waals surface area contributed by atoms with Crippen molar-refractivity contribution in [3.8, 4) is 0 Å². The first-order chi connectivity index (χ1) is 8.76. The lowest BCUT2D eigenvalue weighted by Gasteiger charge is -2.12. The Balaban J connectivity index is 1.92. The van der Waals surface area contributed by atoms with Gasteiger partial charge in [0.1, 0.15) is 0 Å². The Kier molecular flexibility index (Phi) is 3.04. The van der Waals surface area contributed by atoms with Crippen molar-refractivity contribution in [2.24, 2.45) is 0 Å². The van der Waals surface area contributed by atoms with Gasteiger partial charge in [0.25, 0.3) is 0 Å². The minimum Gasteiger partial charge on any atom is -0.317 e. The third-order valence-corrected chi connectivity index (χ3v) is 4.16. The molecule has 1 aromatic heterocycles. The average molecular weight is 240 g/mol. The number of hydrogen-bond donors (Lipinski definition) is 1. The van der Waals surface area contributed by atoms with Crippen LogP contribution in [0.1, 0.15) is 36.4 Å². The van der Waals surface area contributed by atoms with Crippen LogP contribution < -0.4 is 5.32 Å². The smallest absolute Gasteiger partial charge is 0.0705 e. The van der Waals surface area contributed by atoms with Crippen LogP contribution >= 0.6 is 0 Å². The summed E-state index contributed by atoms with van der Waals surface area (Å²) in [5, 5.41) is 4.67. The van der Waals surface area contributed by atoms with E-state index in [0.717, 1.165) is 11.2 Å². The van der Waals surface area contributed by atoms with Crippen LogP contribution in [-0.4, -0.2) is 18.1 Å². The predicted molar refractivity (Wildman–Crippen MR) is 75.9 cm³/mol. The molecule has 1 N–H and O–H groups in total. The lowest BCUT2D eigenvalue weighted by atomic mass is 9.96. The monoisotopic (exact) mass is 240 g/mol. The second-order valence-corrected chi connectivity index (χ2v) is 5.40. The van der Waals surface area contributed by atoms with Crippen LogP contribution in [0.5, 0.6) is 0 Å². The van der Waals surface area contributed by atoms with Crippen LogP contribution in [0.4, 0.5) is 0 Å². The molecule has 2 heteroatoms. The van der Waals surface area contributed by atoms with E-state index in [2.05, 4.69) is 47.7 Å². The summed E-state index contributed by atoms with van der Waals surface area (Å²) >= 11 is 0. The minimum atomic E-state index is 0.696. The number of nitrogens with zero attached hydrogens (tertiary/aromatic N) is 1. The maximum Gasteiger partial charge on any atom is 0.0705 e. The van der Waals surface area contributed by atoms with Gasteiger partial charge in [-0.3, -0.25) is 4.98 Å². The fraction of sp³-hybridized carbons (Fsp3) is 0.438. The van der Waals surface area contributed by atoms with E-state index in [1.165, 1.54) is 30.2 Å². The normalized spacial score (nSPS) is 23.7. The molecule has 2 unspecified atom stereocenters. The highest BCUT2D eigenvalue weighted by Crippen LogP contribution is 2.35. The van der Waals surface area contributed by atoms with Gasteiger partial charge in [-0.25, -0.2) is 0 Å². The zero-order valence-corrected chi connectivity index (χ0v) is 11.1. The summed E-state index contributed by atoms with van der Waals surface area (Å²) in [7, 11) is 2.07. The number of aryl methyl sites for hydroxylation is 1. The van der Waals surface area contributed by atoms with Crippen molar-refractivity contribution in [3.05, 3.63) is 41.6 Å². The number of fused-ring (bicyclic) bond motifs is 1. The van der Waals surface area contributed by atoms with Gasteiger partial charge in [-0.15, -0.1) is 0 Å². The lowest BCUT2D eigenvalue weighted by Crippen LogP contribution is -2.21. The Bertz CT molecular complexity index is 562. The number of hydrogen-bond acceptors (Lipinski definition) is 2. The Morgan fingerprint density at radius 2 is 2.06 bits per heavy atom. The van der Waals surface area contributed by atoms with Crippen molar-refractivity contribution in [2.75, 3.05) is 7.05 Å². The van der Waals surface area contributed by atoms with Crippen molar-refractivity contribution >= 4 is 10.9 Å². The van der Waals surface area contributed by atoms with Crippen LogP contribution in [0.2, 0.25) is 0 Å². The molecule has 0 spiro atoms. The molecule has 1 heterocycles. The molecule has 0 bridgehead atoms. The van der Waals surface area contributed by atoms with E-state index in [1.807, 2.05) is 6.92 Å². The fourth-order valence-electron chi connectivity index (χ4n) is 3.05. The van der Waals surface area contributed by atoms with Gasteiger partial charge >= 0.3 is 0 Å². The Hall–Kier alpha value is -1.41. The summed E-state index contributed by atoms with van der Waals surface area (Å²) in [5.41, 5.74) is 3.68. The van der Waals surface area contributed by atoms with Gasteiger partial charge in [-0.2, -0.15) is 0 Å². The summed E-state index contributed by atoms with van der Waals surface area (Å²) in [4.78, 5) is 4.56. The average Bonchev–Trinajstić information content (AvgIpc) is 2.87. The molecular formula is C16H20N2. The van der Waals surface area contributed by atoms with E-state index in [9.17, 15) is 0 Å². The first kappa shape index (κ1) is 11.7. The molecule has 0 radical (unpaired) electrons. The van der Waals surface area contributed by atoms with E-state index in [4.69, 9.17) is 0 Å². The van der Waals surface area contributed by atoms with Gasteiger partial charge in [-0.05, 0) is 62.9 Å². The maximum atomic E-state index is 4.56. The standard InChI is InChI=1S/C16H20N2/c1-11-3-4-14-9-12(6-8-16(14)18-11)13-5-7-15(10-13)17-2/h3-4,6,8-9,13,15,17H,5,7,10H2,1-2H3. The summed E-state index contributed by atoms with van der Waals surface area (Å²) < 4.78 is 0. The highest BCUT2D eigenvalue weighted by molar-refractivity contribution is 5.79. The second kappa shape index (κ2) is 4.69. The molecule has 0 amide bonds. The SMILES string of the molecule is CNC1CCC(c2ccc3nc(C)ccc3c2)C1. The third kappa shape index (κ3) is 2.13. The van der Waals surface area contributed by atoms with Crippen LogP contribution in [0.3, 0.4) is 0 Å². The van der Waals surface area contributed by atoms with Crippen molar-refractivity contribution < 1.29 is 0 Å². The zero-order chi connectivity index (χ0) is 12.5. The molecule has 0 aliphatic heterocycles. The topological polar surface area (TPSA) is 24.9 Å². The molecule has 1 fully saturated rings. The molecule has 2 nitrogen and oxygen atoms in total. The molecule has 18 heavy (non-hydrogen) atoms. The molecule has 0 saturated heterocycles. The first-order valence-electron chi connectivity index (χ1n) is 6.81. The second-order valence-electron chi connectivity index (χ2n) is 5.40. The van der Waals surface area contributed by atoms with Gasteiger partial charge in [0.05, 0.1) is 5.52 Å². The molecule has 3 rings (SSSR count). The number of rotatable bonds is 2. The van der Waals surface area contributed by atoms with Crippen LogP contribution in [0.25, 0.3) is 10.9 Å². The van der Waals surface area contributed by atoms with Crippen molar-refractivity contribution in [1.82, 2.24) is 10.3 Å². The highest BCUT2D eigenvalue weighted by Gasteiger charge is 2.24. The largest absolute Gasteiger partial charge is 0.317 e. The number of aromatic nitrogens is 1. The van der Waals surface area contributed by atoms with Gasteiger partial charge in [0, 0.05) is 17.1 Å². The van der Waals surface area contributed by atoms with Crippen LogP contribution in [0.15, 0.2) is 30.3 Å². The Morgan fingerprint density at radius 1 is 1.17 bits per heavy atom. The molecule has 2 aromatic rings. The van der Waals surface area contributed by atoms with Gasteiger partial charge in [0.15, 0.2) is 0 Å². The molecular weight excluding hydrogens is 220 g/mol. The van der Waals surface area contributed by atoms with Crippen LogP contribution in [0, 0.1) is 6.92 Å². The summed E-state index contributed by atoms with van der Waals surface area (Å²) in [6.07, 6.45) is 3.86. The van der Waals surface area contributed by atoms with Gasteiger partial charge in [0.2, 0.25) is 0 Å². The number of pyridine rings is 1. The highest BCUT2D eigenvalue weighted by atomic mass is 14.9. The van der Waals surface area contributed by atoms with E-state index in [0.29, 0.717) is 12.0 Å². The summed E-state index contributed by atoms with van der Waals surface area (Å²) in [5.74, 6) is 0.716. The van der Waals surface area contributed by atoms with E-state index in [-0.39, 0.29) is 0 Å². The molecule has 2 atom stereocenters.